The van der Waals surface area contributed by atoms with Crippen molar-refractivity contribution in [3.8, 4) is 5.75 Å². The Labute approximate surface area is 167 Å². The van der Waals surface area contributed by atoms with Crippen LogP contribution in [0.4, 0.5) is 5.69 Å². The average molecular weight is 405 g/mol. The van der Waals surface area contributed by atoms with E-state index in [9.17, 15) is 13.2 Å². The molecule has 0 aliphatic rings. The van der Waals surface area contributed by atoms with E-state index < -0.39 is 16.1 Å². The molecule has 0 aliphatic carbocycles. The molecule has 2 aromatic rings. The van der Waals surface area contributed by atoms with Crippen molar-refractivity contribution in [2.24, 2.45) is 0 Å². The molecule has 2 atom stereocenters. The van der Waals surface area contributed by atoms with Gasteiger partial charge in [0.2, 0.25) is 10.0 Å². The first-order chi connectivity index (χ1) is 13.1. The second-order valence-electron chi connectivity index (χ2n) is 6.81. The number of rotatable bonds is 8. The number of amides is 1. The Hall–Kier alpha value is -2.54. The third kappa shape index (κ3) is 5.73. The van der Waals surface area contributed by atoms with Crippen molar-refractivity contribution in [3.63, 3.8) is 0 Å². The average Bonchev–Trinajstić information content (AvgIpc) is 2.67. The zero-order valence-corrected chi connectivity index (χ0v) is 17.8. The molecule has 0 fully saturated rings. The third-order valence-electron chi connectivity index (χ3n) is 4.63. The summed E-state index contributed by atoms with van der Waals surface area (Å²) < 4.78 is 30.0. The fourth-order valence-corrected chi connectivity index (χ4v) is 3.14. The molecule has 2 rings (SSSR count). The van der Waals surface area contributed by atoms with E-state index >= 15 is 0 Å². The lowest BCUT2D eigenvalue weighted by molar-refractivity contribution is -0.127. The zero-order valence-electron chi connectivity index (χ0n) is 17.0. The van der Waals surface area contributed by atoms with Gasteiger partial charge in [0.05, 0.1) is 18.0 Å². The van der Waals surface area contributed by atoms with E-state index in [0.29, 0.717) is 11.4 Å². The zero-order chi connectivity index (χ0) is 20.9. The quantitative estimate of drug-likeness (QED) is 0.733. The smallest absolute Gasteiger partial charge is 0.261 e. The van der Waals surface area contributed by atoms with Gasteiger partial charge >= 0.3 is 0 Å². The Kier molecular flexibility index (Phi) is 7.07. The van der Waals surface area contributed by atoms with Crippen LogP contribution in [0.3, 0.4) is 0 Å². The molecule has 1 N–H and O–H groups in total. The van der Waals surface area contributed by atoms with Crippen molar-refractivity contribution in [1.82, 2.24) is 5.32 Å². The number of anilines is 1. The molecule has 28 heavy (non-hydrogen) atoms. The van der Waals surface area contributed by atoms with Crippen LogP contribution in [0, 0.1) is 0 Å². The molecule has 0 radical (unpaired) electrons. The van der Waals surface area contributed by atoms with Crippen LogP contribution in [0.15, 0.2) is 48.5 Å². The molecule has 0 spiro atoms. The third-order valence-corrected chi connectivity index (χ3v) is 5.83. The lowest BCUT2D eigenvalue weighted by Gasteiger charge is -2.20. The van der Waals surface area contributed by atoms with Crippen LogP contribution in [0.2, 0.25) is 0 Å². The molecule has 0 bridgehead atoms. The van der Waals surface area contributed by atoms with Crippen LogP contribution < -0.4 is 14.4 Å². The summed E-state index contributed by atoms with van der Waals surface area (Å²) in [7, 11) is -1.84. The van der Waals surface area contributed by atoms with Crippen LogP contribution in [-0.4, -0.2) is 33.7 Å². The fraction of sp³-hybridized carbons (Fsp3) is 0.381. The SMILES string of the molecule is CCc1ccc([C@@H](C)NC(=O)[C@@H](C)Oc2ccc(N(C)S(C)(=O)=O)cc2)cc1. The van der Waals surface area contributed by atoms with Crippen LogP contribution >= 0.6 is 0 Å². The van der Waals surface area contributed by atoms with Gasteiger partial charge in [0.25, 0.3) is 5.91 Å². The number of carbonyl (C=O) groups excluding carboxylic acids is 1. The number of aryl methyl sites for hydroxylation is 1. The molecule has 6 nitrogen and oxygen atoms in total. The normalized spacial score (nSPS) is 13.5. The van der Waals surface area contributed by atoms with E-state index in [4.69, 9.17) is 4.74 Å². The minimum absolute atomic E-state index is 0.129. The van der Waals surface area contributed by atoms with Crippen LogP contribution in [0.5, 0.6) is 5.75 Å². The molecule has 2 aromatic carbocycles. The summed E-state index contributed by atoms with van der Waals surface area (Å²) in [5, 5.41) is 2.95. The van der Waals surface area contributed by atoms with Gasteiger partial charge in [-0.3, -0.25) is 9.10 Å². The Morgan fingerprint density at radius 3 is 2.14 bits per heavy atom. The number of benzene rings is 2. The van der Waals surface area contributed by atoms with E-state index in [1.54, 1.807) is 31.2 Å². The van der Waals surface area contributed by atoms with Crippen molar-refractivity contribution in [3.05, 3.63) is 59.7 Å². The van der Waals surface area contributed by atoms with Crippen LogP contribution in [-0.2, 0) is 21.2 Å². The largest absolute Gasteiger partial charge is 0.481 e. The number of hydrogen-bond donors (Lipinski definition) is 1. The van der Waals surface area contributed by atoms with Crippen molar-refractivity contribution >= 4 is 21.6 Å². The Morgan fingerprint density at radius 2 is 1.64 bits per heavy atom. The molecule has 0 saturated heterocycles. The minimum Gasteiger partial charge on any atom is -0.481 e. The lowest BCUT2D eigenvalue weighted by atomic mass is 10.0. The molecule has 0 saturated carbocycles. The van der Waals surface area contributed by atoms with E-state index in [2.05, 4.69) is 24.4 Å². The van der Waals surface area contributed by atoms with E-state index in [-0.39, 0.29) is 11.9 Å². The molecule has 0 heterocycles. The maximum absolute atomic E-state index is 12.4. The van der Waals surface area contributed by atoms with Gasteiger partial charge in [0, 0.05) is 7.05 Å². The fourth-order valence-electron chi connectivity index (χ4n) is 2.64. The molecular formula is C21H28N2O4S. The highest BCUT2D eigenvalue weighted by Crippen LogP contribution is 2.21. The van der Waals surface area contributed by atoms with Crippen molar-refractivity contribution in [2.45, 2.75) is 39.3 Å². The van der Waals surface area contributed by atoms with Gasteiger partial charge in [-0.2, -0.15) is 0 Å². The molecular weight excluding hydrogens is 376 g/mol. The first-order valence-electron chi connectivity index (χ1n) is 9.21. The van der Waals surface area contributed by atoms with Crippen LogP contribution in [0.1, 0.15) is 37.9 Å². The summed E-state index contributed by atoms with van der Waals surface area (Å²) in [4.78, 5) is 12.4. The van der Waals surface area contributed by atoms with Gasteiger partial charge < -0.3 is 10.1 Å². The molecule has 7 heteroatoms. The number of nitrogens with zero attached hydrogens (tertiary/aromatic N) is 1. The predicted molar refractivity (Wildman–Crippen MR) is 112 cm³/mol. The highest BCUT2D eigenvalue weighted by molar-refractivity contribution is 7.92. The molecule has 152 valence electrons. The second-order valence-corrected chi connectivity index (χ2v) is 8.82. The number of sulfonamides is 1. The molecule has 0 unspecified atom stereocenters. The van der Waals surface area contributed by atoms with Crippen molar-refractivity contribution < 1.29 is 17.9 Å². The number of nitrogens with one attached hydrogen (secondary N) is 1. The van der Waals surface area contributed by atoms with E-state index in [0.717, 1.165) is 18.2 Å². The summed E-state index contributed by atoms with van der Waals surface area (Å²) in [6.45, 7) is 5.71. The monoisotopic (exact) mass is 404 g/mol. The summed E-state index contributed by atoms with van der Waals surface area (Å²) in [5.41, 5.74) is 2.81. The second kappa shape index (κ2) is 9.10. The first kappa shape index (κ1) is 21.8. The lowest BCUT2D eigenvalue weighted by Crippen LogP contribution is -2.37. The van der Waals surface area contributed by atoms with E-state index in [1.165, 1.54) is 16.9 Å². The Morgan fingerprint density at radius 1 is 1.07 bits per heavy atom. The summed E-state index contributed by atoms with van der Waals surface area (Å²) in [5.74, 6) is 0.276. The standard InChI is InChI=1S/C21H28N2O4S/c1-6-17-7-9-18(10-8-17)15(2)22-21(24)16(3)27-20-13-11-19(12-14-20)23(4)28(5,25)26/h7-16H,6H2,1-5H3,(H,22,24)/t15-,16-/m1/s1. The van der Waals surface area contributed by atoms with Gasteiger partial charge in [-0.1, -0.05) is 31.2 Å². The maximum atomic E-state index is 12.4. The van der Waals surface area contributed by atoms with Gasteiger partial charge in [-0.05, 0) is 55.7 Å². The summed E-state index contributed by atoms with van der Waals surface area (Å²) in [6, 6.07) is 14.6. The number of ether oxygens (including phenoxy) is 1. The molecule has 1 amide bonds. The van der Waals surface area contributed by atoms with Gasteiger partial charge in [-0.25, -0.2) is 8.42 Å². The number of carbonyl (C=O) groups is 1. The maximum Gasteiger partial charge on any atom is 0.261 e. The minimum atomic E-state index is -3.32. The Balaban J connectivity index is 1.96. The number of hydrogen-bond acceptors (Lipinski definition) is 4. The molecule has 0 aliphatic heterocycles. The summed E-state index contributed by atoms with van der Waals surface area (Å²) in [6.07, 6.45) is 1.43. The van der Waals surface area contributed by atoms with E-state index in [1.807, 2.05) is 19.1 Å². The Bertz CT molecular complexity index is 893. The van der Waals surface area contributed by atoms with Crippen molar-refractivity contribution in [1.29, 1.82) is 0 Å². The highest BCUT2D eigenvalue weighted by atomic mass is 32.2. The van der Waals surface area contributed by atoms with Gasteiger partial charge in [-0.15, -0.1) is 0 Å². The van der Waals surface area contributed by atoms with Gasteiger partial charge in [0.15, 0.2) is 6.10 Å². The topological polar surface area (TPSA) is 75.7 Å². The first-order valence-corrected chi connectivity index (χ1v) is 11.1. The van der Waals surface area contributed by atoms with Crippen molar-refractivity contribution in [2.75, 3.05) is 17.6 Å². The highest BCUT2D eigenvalue weighted by Gasteiger charge is 2.18. The summed E-state index contributed by atoms with van der Waals surface area (Å²) >= 11 is 0. The van der Waals surface area contributed by atoms with Crippen LogP contribution in [0.25, 0.3) is 0 Å². The predicted octanol–water partition coefficient (Wildman–Crippen LogP) is 3.29. The molecule has 0 aromatic heterocycles. The van der Waals surface area contributed by atoms with Gasteiger partial charge in [0.1, 0.15) is 5.75 Å².